The second-order valence-corrected chi connectivity index (χ2v) is 6.36. The minimum atomic E-state index is -0.188. The van der Waals surface area contributed by atoms with E-state index in [1.165, 1.54) is 0 Å². The number of H-pyrrole nitrogens is 1. The summed E-state index contributed by atoms with van der Waals surface area (Å²) in [6, 6.07) is 13.3. The van der Waals surface area contributed by atoms with Crippen molar-refractivity contribution in [2.24, 2.45) is 0 Å². The lowest BCUT2D eigenvalue weighted by molar-refractivity contribution is 0.102. The molecular weight excluding hydrogens is 316 g/mol. The van der Waals surface area contributed by atoms with Crippen molar-refractivity contribution in [1.82, 2.24) is 10.2 Å². The van der Waals surface area contributed by atoms with Gasteiger partial charge in [0.1, 0.15) is 0 Å². The summed E-state index contributed by atoms with van der Waals surface area (Å²) in [5.74, 6) is -0.150. The fourth-order valence-electron chi connectivity index (χ4n) is 3.22. The summed E-state index contributed by atoms with van der Waals surface area (Å²) in [6.45, 7) is 1.68. The summed E-state index contributed by atoms with van der Waals surface area (Å²) in [4.78, 5) is 14.8. The zero-order valence-corrected chi connectivity index (χ0v) is 13.8. The number of carbonyl (C=O) groups excluding carboxylic acids is 1. The lowest BCUT2D eigenvalue weighted by Gasteiger charge is -2.31. The molecule has 1 aliphatic heterocycles. The maximum absolute atomic E-state index is 12.5. The van der Waals surface area contributed by atoms with Gasteiger partial charge in [-0.1, -0.05) is 12.1 Å². The van der Waals surface area contributed by atoms with E-state index in [0.29, 0.717) is 11.3 Å². The van der Waals surface area contributed by atoms with Crippen LogP contribution in [0.3, 0.4) is 0 Å². The Morgan fingerprint density at radius 2 is 1.92 bits per heavy atom. The maximum Gasteiger partial charge on any atom is 0.255 e. The first-order chi connectivity index (χ1) is 12.2. The summed E-state index contributed by atoms with van der Waals surface area (Å²) in [5.41, 5.74) is 3.23. The van der Waals surface area contributed by atoms with E-state index < -0.39 is 0 Å². The number of aromatic amines is 1. The van der Waals surface area contributed by atoms with E-state index in [9.17, 15) is 9.90 Å². The Labute approximate surface area is 145 Å². The Balaban J connectivity index is 1.48. The van der Waals surface area contributed by atoms with Crippen molar-refractivity contribution in [3.8, 4) is 0 Å². The lowest BCUT2D eigenvalue weighted by Crippen LogP contribution is -2.35. The molecule has 0 bridgehead atoms. The number of aliphatic hydroxyl groups is 1. The van der Waals surface area contributed by atoms with Gasteiger partial charge in [-0.3, -0.25) is 9.89 Å². The SMILES string of the molecule is O=C(Nc1cccc2cn[nH]c12)c1ccc(N2CCC(O)CC2)cc1. The van der Waals surface area contributed by atoms with E-state index >= 15 is 0 Å². The summed E-state index contributed by atoms with van der Waals surface area (Å²) in [6.07, 6.45) is 3.12. The van der Waals surface area contributed by atoms with Crippen molar-refractivity contribution in [3.63, 3.8) is 0 Å². The number of aromatic nitrogens is 2. The Hall–Kier alpha value is -2.86. The molecule has 0 radical (unpaired) electrons. The zero-order valence-electron chi connectivity index (χ0n) is 13.8. The van der Waals surface area contributed by atoms with Crippen molar-refractivity contribution in [2.45, 2.75) is 18.9 Å². The molecule has 0 atom stereocenters. The third kappa shape index (κ3) is 3.21. The second-order valence-electron chi connectivity index (χ2n) is 6.36. The molecule has 1 fully saturated rings. The van der Waals surface area contributed by atoms with Gasteiger partial charge in [-0.2, -0.15) is 5.10 Å². The number of anilines is 2. The first-order valence-corrected chi connectivity index (χ1v) is 8.47. The highest BCUT2D eigenvalue weighted by Crippen LogP contribution is 2.23. The van der Waals surface area contributed by atoms with E-state index in [0.717, 1.165) is 42.5 Å². The number of benzene rings is 2. The van der Waals surface area contributed by atoms with Crippen molar-refractivity contribution in [2.75, 3.05) is 23.3 Å². The number of para-hydroxylation sites is 1. The fourth-order valence-corrected chi connectivity index (χ4v) is 3.22. The molecule has 0 spiro atoms. The third-order valence-corrected chi connectivity index (χ3v) is 4.68. The topological polar surface area (TPSA) is 81.2 Å². The third-order valence-electron chi connectivity index (χ3n) is 4.68. The maximum atomic E-state index is 12.5. The number of rotatable bonds is 3. The standard InChI is InChI=1S/C19H20N4O2/c24-16-8-10-23(11-9-16)15-6-4-13(5-7-15)19(25)21-17-3-1-2-14-12-20-22-18(14)17/h1-7,12,16,24H,8-11H2,(H,20,22)(H,21,25). The van der Waals surface area contributed by atoms with Gasteiger partial charge in [-0.25, -0.2) is 0 Å². The molecular formula is C19H20N4O2. The largest absolute Gasteiger partial charge is 0.393 e. The molecule has 1 saturated heterocycles. The van der Waals surface area contributed by atoms with Crippen LogP contribution in [0.5, 0.6) is 0 Å². The molecule has 3 aromatic rings. The zero-order chi connectivity index (χ0) is 17.2. The molecule has 1 aliphatic rings. The van der Waals surface area contributed by atoms with E-state index in [-0.39, 0.29) is 12.0 Å². The predicted molar refractivity (Wildman–Crippen MR) is 97.9 cm³/mol. The molecule has 0 saturated carbocycles. The van der Waals surface area contributed by atoms with Gasteiger partial charge in [0.25, 0.3) is 5.91 Å². The lowest BCUT2D eigenvalue weighted by atomic mass is 10.1. The highest BCUT2D eigenvalue weighted by Gasteiger charge is 2.17. The number of piperidine rings is 1. The van der Waals surface area contributed by atoms with Crippen LogP contribution in [0.2, 0.25) is 0 Å². The molecule has 25 heavy (non-hydrogen) atoms. The van der Waals surface area contributed by atoms with Gasteiger partial charge in [-0.05, 0) is 43.2 Å². The van der Waals surface area contributed by atoms with E-state index in [4.69, 9.17) is 0 Å². The molecule has 1 aromatic heterocycles. The average Bonchev–Trinajstić information content (AvgIpc) is 3.12. The van der Waals surface area contributed by atoms with Crippen LogP contribution in [0, 0.1) is 0 Å². The van der Waals surface area contributed by atoms with Gasteiger partial charge in [0, 0.05) is 29.7 Å². The number of hydrogen-bond acceptors (Lipinski definition) is 4. The van der Waals surface area contributed by atoms with E-state index in [1.807, 2.05) is 42.5 Å². The Bertz CT molecular complexity index is 880. The van der Waals surface area contributed by atoms with Crippen molar-refractivity contribution in [1.29, 1.82) is 0 Å². The smallest absolute Gasteiger partial charge is 0.255 e. The normalized spacial score (nSPS) is 15.5. The van der Waals surface area contributed by atoms with Crippen LogP contribution in [0.15, 0.2) is 48.7 Å². The second kappa shape index (κ2) is 6.57. The van der Waals surface area contributed by atoms with Crippen LogP contribution in [0.1, 0.15) is 23.2 Å². The fraction of sp³-hybridized carbons (Fsp3) is 0.263. The Morgan fingerprint density at radius 1 is 1.16 bits per heavy atom. The van der Waals surface area contributed by atoms with Crippen molar-refractivity contribution >= 4 is 28.2 Å². The highest BCUT2D eigenvalue weighted by atomic mass is 16.3. The molecule has 0 unspecified atom stereocenters. The predicted octanol–water partition coefficient (Wildman–Crippen LogP) is 2.78. The Morgan fingerprint density at radius 3 is 2.68 bits per heavy atom. The van der Waals surface area contributed by atoms with Crippen LogP contribution < -0.4 is 10.2 Å². The number of nitrogens with one attached hydrogen (secondary N) is 2. The number of hydrogen-bond donors (Lipinski definition) is 3. The summed E-state index contributed by atoms with van der Waals surface area (Å²) >= 11 is 0. The molecule has 6 heteroatoms. The first-order valence-electron chi connectivity index (χ1n) is 8.47. The van der Waals surface area contributed by atoms with Crippen LogP contribution in [-0.2, 0) is 0 Å². The number of nitrogens with zero attached hydrogens (tertiary/aromatic N) is 2. The number of amides is 1. The van der Waals surface area contributed by atoms with Gasteiger partial charge >= 0.3 is 0 Å². The first kappa shape index (κ1) is 15.7. The van der Waals surface area contributed by atoms with Crippen molar-refractivity contribution in [3.05, 3.63) is 54.2 Å². The number of aliphatic hydroxyl groups excluding tert-OH is 1. The van der Waals surface area contributed by atoms with Gasteiger partial charge < -0.3 is 15.3 Å². The minimum Gasteiger partial charge on any atom is -0.393 e. The molecule has 0 aliphatic carbocycles. The summed E-state index contributed by atoms with van der Waals surface area (Å²) in [7, 11) is 0. The highest BCUT2D eigenvalue weighted by molar-refractivity contribution is 6.08. The van der Waals surface area contributed by atoms with E-state index in [2.05, 4.69) is 20.4 Å². The molecule has 1 amide bonds. The molecule has 3 N–H and O–H groups in total. The van der Waals surface area contributed by atoms with Gasteiger partial charge in [-0.15, -0.1) is 0 Å². The number of carbonyl (C=O) groups is 1. The van der Waals surface area contributed by atoms with Crippen LogP contribution in [0.4, 0.5) is 11.4 Å². The quantitative estimate of drug-likeness (QED) is 0.687. The molecule has 6 nitrogen and oxygen atoms in total. The minimum absolute atomic E-state index is 0.150. The van der Waals surface area contributed by atoms with Gasteiger partial charge in [0.2, 0.25) is 0 Å². The molecule has 2 heterocycles. The average molecular weight is 336 g/mol. The van der Waals surface area contributed by atoms with Crippen LogP contribution in [-0.4, -0.2) is 40.4 Å². The van der Waals surface area contributed by atoms with E-state index in [1.54, 1.807) is 6.20 Å². The van der Waals surface area contributed by atoms with Gasteiger partial charge in [0.15, 0.2) is 0 Å². The molecule has 4 rings (SSSR count). The summed E-state index contributed by atoms with van der Waals surface area (Å²) in [5, 5.41) is 20.4. The molecule has 128 valence electrons. The van der Waals surface area contributed by atoms with Gasteiger partial charge in [0.05, 0.1) is 23.5 Å². The molecule has 2 aromatic carbocycles. The summed E-state index contributed by atoms with van der Waals surface area (Å²) < 4.78 is 0. The number of fused-ring (bicyclic) bond motifs is 1. The Kier molecular flexibility index (Phi) is 4.11. The van der Waals surface area contributed by atoms with Crippen LogP contribution in [0.25, 0.3) is 10.9 Å². The van der Waals surface area contributed by atoms with Crippen LogP contribution >= 0.6 is 0 Å². The van der Waals surface area contributed by atoms with Crippen molar-refractivity contribution < 1.29 is 9.90 Å². The monoisotopic (exact) mass is 336 g/mol.